The van der Waals surface area contributed by atoms with Gasteiger partial charge in [0.15, 0.2) is 0 Å². The summed E-state index contributed by atoms with van der Waals surface area (Å²) in [5.41, 5.74) is 1.58. The number of hydrogen-bond acceptors (Lipinski definition) is 1. The van der Waals surface area contributed by atoms with Crippen LogP contribution in [0.5, 0.6) is 0 Å². The smallest absolute Gasteiger partial charge is 0.146 e. The molecule has 94 valence electrons. The van der Waals surface area contributed by atoms with Crippen LogP contribution in [0.2, 0.25) is 0 Å². The first-order valence-electron chi connectivity index (χ1n) is 6.30. The molecule has 2 rings (SSSR count). The summed E-state index contributed by atoms with van der Waals surface area (Å²) in [6.45, 7) is 0. The zero-order valence-corrected chi connectivity index (χ0v) is 11.0. The number of rotatable bonds is 3. The summed E-state index contributed by atoms with van der Waals surface area (Å²) in [5, 5.41) is 0. The number of para-hydroxylation sites is 1. The van der Waals surface area contributed by atoms with Crippen LogP contribution in [0.15, 0.2) is 18.2 Å². The Labute approximate surface area is 108 Å². The Balaban J connectivity index is 2.25. The predicted octanol–water partition coefficient (Wildman–Crippen LogP) is 4.33. The van der Waals surface area contributed by atoms with Crippen LogP contribution < -0.4 is 4.90 Å². The van der Waals surface area contributed by atoms with Crippen molar-refractivity contribution in [1.82, 2.24) is 0 Å². The fraction of sp³-hybridized carbons (Fsp3) is 0.571. The molecule has 0 saturated heterocycles. The second kappa shape index (κ2) is 5.72. The summed E-state index contributed by atoms with van der Waals surface area (Å²) >= 11 is 5.89. The summed E-state index contributed by atoms with van der Waals surface area (Å²) in [4.78, 5) is 2.09. The highest BCUT2D eigenvalue weighted by molar-refractivity contribution is 6.17. The largest absolute Gasteiger partial charge is 0.369 e. The van der Waals surface area contributed by atoms with E-state index in [9.17, 15) is 4.39 Å². The second-order valence-electron chi connectivity index (χ2n) is 4.78. The van der Waals surface area contributed by atoms with Crippen molar-refractivity contribution in [1.29, 1.82) is 0 Å². The lowest BCUT2D eigenvalue weighted by Gasteiger charge is -2.34. The molecule has 0 amide bonds. The molecule has 3 heteroatoms. The average molecular weight is 256 g/mol. The van der Waals surface area contributed by atoms with Crippen molar-refractivity contribution in [3.63, 3.8) is 0 Å². The number of benzene rings is 1. The van der Waals surface area contributed by atoms with Crippen molar-refractivity contribution in [3.05, 3.63) is 29.6 Å². The minimum absolute atomic E-state index is 0.156. The molecule has 1 aliphatic carbocycles. The number of anilines is 1. The molecule has 0 aliphatic heterocycles. The molecule has 0 bridgehead atoms. The van der Waals surface area contributed by atoms with E-state index in [0.29, 0.717) is 17.6 Å². The molecule has 17 heavy (non-hydrogen) atoms. The van der Waals surface area contributed by atoms with Crippen LogP contribution in [-0.4, -0.2) is 13.1 Å². The quantitative estimate of drug-likeness (QED) is 0.727. The van der Waals surface area contributed by atoms with Gasteiger partial charge in [-0.2, -0.15) is 0 Å². The van der Waals surface area contributed by atoms with E-state index in [0.717, 1.165) is 18.4 Å². The number of nitrogens with zero attached hydrogens (tertiary/aromatic N) is 1. The van der Waals surface area contributed by atoms with Crippen molar-refractivity contribution in [3.8, 4) is 0 Å². The van der Waals surface area contributed by atoms with Gasteiger partial charge in [-0.3, -0.25) is 0 Å². The Morgan fingerprint density at radius 3 is 2.65 bits per heavy atom. The summed E-state index contributed by atoms with van der Waals surface area (Å²) in [5.74, 6) is 0.209. The normalized spacial score (nSPS) is 17.1. The van der Waals surface area contributed by atoms with Gasteiger partial charge in [0.2, 0.25) is 0 Å². The van der Waals surface area contributed by atoms with Crippen LogP contribution in [0, 0.1) is 5.82 Å². The van der Waals surface area contributed by atoms with Gasteiger partial charge in [0.25, 0.3) is 0 Å². The summed E-state index contributed by atoms with van der Waals surface area (Å²) in [6.07, 6.45) is 6.13. The maximum absolute atomic E-state index is 13.9. The Bertz CT molecular complexity index is 374. The van der Waals surface area contributed by atoms with Gasteiger partial charge in [0.1, 0.15) is 5.82 Å². The molecule has 1 fully saturated rings. The molecular weight excluding hydrogens is 237 g/mol. The van der Waals surface area contributed by atoms with Crippen molar-refractivity contribution in [2.45, 2.75) is 44.0 Å². The third kappa shape index (κ3) is 2.74. The molecular formula is C14H19ClFN. The maximum atomic E-state index is 13.9. The van der Waals surface area contributed by atoms with E-state index in [-0.39, 0.29) is 5.82 Å². The first kappa shape index (κ1) is 12.7. The van der Waals surface area contributed by atoms with Gasteiger partial charge in [-0.1, -0.05) is 31.4 Å². The van der Waals surface area contributed by atoms with E-state index >= 15 is 0 Å². The number of alkyl halides is 1. The van der Waals surface area contributed by atoms with Crippen molar-refractivity contribution in [2.75, 3.05) is 11.9 Å². The SMILES string of the molecule is CN(c1c(F)cccc1CCl)C1CCCCC1. The lowest BCUT2D eigenvalue weighted by Crippen LogP contribution is -2.34. The monoisotopic (exact) mass is 255 g/mol. The van der Waals surface area contributed by atoms with E-state index in [4.69, 9.17) is 11.6 Å². The summed E-state index contributed by atoms with van der Waals surface area (Å²) in [7, 11) is 1.99. The zero-order chi connectivity index (χ0) is 12.3. The van der Waals surface area contributed by atoms with Gasteiger partial charge in [-0.25, -0.2) is 4.39 Å². The molecule has 0 N–H and O–H groups in total. The van der Waals surface area contributed by atoms with Gasteiger partial charge in [-0.05, 0) is 24.5 Å². The number of halogens is 2. The van der Waals surface area contributed by atoms with E-state index in [1.807, 2.05) is 13.1 Å². The van der Waals surface area contributed by atoms with Crippen LogP contribution in [-0.2, 0) is 5.88 Å². The standard InChI is InChI=1S/C14H19ClFN/c1-17(12-7-3-2-4-8-12)14-11(10-15)6-5-9-13(14)16/h5-6,9,12H,2-4,7-8,10H2,1H3. The van der Waals surface area contributed by atoms with Crippen LogP contribution in [0.1, 0.15) is 37.7 Å². The predicted molar refractivity (Wildman–Crippen MR) is 71.2 cm³/mol. The number of hydrogen-bond donors (Lipinski definition) is 0. The molecule has 0 radical (unpaired) electrons. The van der Waals surface area contributed by atoms with Crippen molar-refractivity contribution < 1.29 is 4.39 Å². The van der Waals surface area contributed by atoms with E-state index < -0.39 is 0 Å². The Morgan fingerprint density at radius 2 is 2.00 bits per heavy atom. The van der Waals surface area contributed by atoms with Crippen LogP contribution in [0.25, 0.3) is 0 Å². The first-order chi connectivity index (χ1) is 8.24. The molecule has 1 aliphatic rings. The van der Waals surface area contributed by atoms with Gasteiger partial charge < -0.3 is 4.90 Å². The van der Waals surface area contributed by atoms with Gasteiger partial charge in [-0.15, -0.1) is 11.6 Å². The van der Waals surface area contributed by atoms with Gasteiger partial charge in [0, 0.05) is 19.0 Å². The summed E-state index contributed by atoms with van der Waals surface area (Å²) in [6, 6.07) is 5.61. The van der Waals surface area contributed by atoms with Crippen LogP contribution in [0.4, 0.5) is 10.1 Å². The molecule has 1 nitrogen and oxygen atoms in total. The van der Waals surface area contributed by atoms with Gasteiger partial charge in [0.05, 0.1) is 5.69 Å². The fourth-order valence-electron chi connectivity index (χ4n) is 2.71. The van der Waals surface area contributed by atoms with Crippen LogP contribution in [0.3, 0.4) is 0 Å². The Hall–Kier alpha value is -0.760. The van der Waals surface area contributed by atoms with E-state index in [1.165, 1.54) is 25.3 Å². The third-order valence-corrected chi connectivity index (χ3v) is 3.98. The molecule has 0 aromatic heterocycles. The highest BCUT2D eigenvalue weighted by Gasteiger charge is 2.22. The van der Waals surface area contributed by atoms with Crippen LogP contribution >= 0.6 is 11.6 Å². The minimum Gasteiger partial charge on any atom is -0.369 e. The minimum atomic E-state index is -0.156. The van der Waals surface area contributed by atoms with Crippen molar-refractivity contribution in [2.24, 2.45) is 0 Å². The Kier molecular flexibility index (Phi) is 4.27. The molecule has 0 atom stereocenters. The van der Waals surface area contributed by atoms with Gasteiger partial charge >= 0.3 is 0 Å². The Morgan fingerprint density at radius 1 is 1.29 bits per heavy atom. The second-order valence-corrected chi connectivity index (χ2v) is 5.05. The lowest BCUT2D eigenvalue weighted by molar-refractivity contribution is 0.424. The molecule has 1 aromatic carbocycles. The van der Waals surface area contributed by atoms with E-state index in [2.05, 4.69) is 4.90 Å². The highest BCUT2D eigenvalue weighted by Crippen LogP contribution is 2.31. The molecule has 1 saturated carbocycles. The molecule has 1 aromatic rings. The van der Waals surface area contributed by atoms with E-state index in [1.54, 1.807) is 6.07 Å². The fourth-order valence-corrected chi connectivity index (χ4v) is 2.93. The topological polar surface area (TPSA) is 3.24 Å². The first-order valence-corrected chi connectivity index (χ1v) is 6.83. The van der Waals surface area contributed by atoms with Crippen molar-refractivity contribution >= 4 is 17.3 Å². The summed E-state index contributed by atoms with van der Waals surface area (Å²) < 4.78 is 13.9. The maximum Gasteiger partial charge on any atom is 0.146 e. The lowest BCUT2D eigenvalue weighted by atomic mass is 9.94. The molecule has 0 heterocycles. The average Bonchev–Trinajstić information content (AvgIpc) is 2.38. The third-order valence-electron chi connectivity index (χ3n) is 3.69. The zero-order valence-electron chi connectivity index (χ0n) is 10.3. The highest BCUT2D eigenvalue weighted by atomic mass is 35.5. The molecule has 0 unspecified atom stereocenters. The molecule has 0 spiro atoms.